The van der Waals surface area contributed by atoms with Crippen LogP contribution < -0.4 is 10.6 Å². The number of rotatable bonds is 4. The van der Waals surface area contributed by atoms with Crippen molar-refractivity contribution >= 4 is 34.7 Å². The lowest BCUT2D eigenvalue weighted by Gasteiger charge is -2.14. The normalized spacial score (nSPS) is 14.6. The Hall–Kier alpha value is -4.02. The van der Waals surface area contributed by atoms with Crippen LogP contribution in [0.3, 0.4) is 0 Å². The summed E-state index contributed by atoms with van der Waals surface area (Å²) in [5, 5.41) is 17.2. The van der Waals surface area contributed by atoms with Crippen LogP contribution in [0.25, 0.3) is 5.70 Å². The number of carbonyl (C=O) groups is 2. The van der Waals surface area contributed by atoms with Gasteiger partial charge >= 0.3 is 0 Å². The highest BCUT2D eigenvalue weighted by molar-refractivity contribution is 7.12. The zero-order valence-electron chi connectivity index (χ0n) is 16.6. The lowest BCUT2D eigenvalue weighted by molar-refractivity contribution is -0.117. The number of amides is 2. The Morgan fingerprint density at radius 1 is 1.00 bits per heavy atom. The van der Waals surface area contributed by atoms with E-state index in [1.165, 1.54) is 11.3 Å². The standard InChI is InChI=1S/C24H18N4O2S/c1-15(16-8-3-2-4-9-16)26-23(29)19(14-25)21-17-10-5-6-11-18(17)22(27-21)28-24(30)20-12-7-13-31-20/h2-13,15H,1H3,(H,26,29)(H,27,28,30)/b21-19+/t15-/m0/s1. The SMILES string of the molecule is C[C@H](NC(=O)/C(C#N)=C1/N=C(NC(=O)c2cccs2)c2ccccc21)c1ccccc1. The molecule has 2 heterocycles. The first-order valence-electron chi connectivity index (χ1n) is 9.62. The summed E-state index contributed by atoms with van der Waals surface area (Å²) in [6.07, 6.45) is 0. The lowest BCUT2D eigenvalue weighted by Crippen LogP contribution is -2.29. The molecule has 0 fully saturated rings. The first-order chi connectivity index (χ1) is 15.1. The van der Waals surface area contributed by atoms with Crippen molar-refractivity contribution in [3.05, 3.63) is 99.3 Å². The number of aliphatic imine (C=N–C) groups is 1. The highest BCUT2D eigenvalue weighted by Crippen LogP contribution is 2.31. The van der Waals surface area contributed by atoms with Gasteiger partial charge in [0, 0.05) is 11.1 Å². The van der Waals surface area contributed by atoms with Crippen LogP contribution in [0.4, 0.5) is 0 Å². The fourth-order valence-electron chi connectivity index (χ4n) is 3.30. The van der Waals surface area contributed by atoms with Gasteiger partial charge in [0.15, 0.2) is 0 Å². The number of nitrogens with one attached hydrogen (secondary N) is 2. The molecule has 0 aliphatic carbocycles. The van der Waals surface area contributed by atoms with E-state index >= 15 is 0 Å². The molecule has 2 N–H and O–H groups in total. The molecule has 6 nitrogen and oxygen atoms in total. The smallest absolute Gasteiger partial charge is 0.266 e. The second kappa shape index (κ2) is 8.78. The number of nitriles is 1. The molecule has 0 unspecified atom stereocenters. The molecule has 1 atom stereocenters. The minimum Gasteiger partial charge on any atom is -0.345 e. The van der Waals surface area contributed by atoms with Crippen molar-refractivity contribution in [3.8, 4) is 6.07 Å². The number of thiophene rings is 1. The van der Waals surface area contributed by atoms with E-state index in [1.54, 1.807) is 30.3 Å². The molecular weight excluding hydrogens is 408 g/mol. The number of hydrogen-bond donors (Lipinski definition) is 2. The van der Waals surface area contributed by atoms with Crippen molar-refractivity contribution in [2.75, 3.05) is 0 Å². The summed E-state index contributed by atoms with van der Waals surface area (Å²) in [5.41, 5.74) is 2.37. The van der Waals surface area contributed by atoms with Gasteiger partial charge in [0.1, 0.15) is 17.5 Å². The molecule has 1 aromatic heterocycles. The van der Waals surface area contributed by atoms with Gasteiger partial charge in [0.25, 0.3) is 11.8 Å². The van der Waals surface area contributed by atoms with E-state index in [0.29, 0.717) is 21.8 Å². The molecule has 0 bridgehead atoms. The molecule has 1 aliphatic rings. The Labute approximate surface area is 183 Å². The van der Waals surface area contributed by atoms with Gasteiger partial charge in [0.2, 0.25) is 0 Å². The van der Waals surface area contributed by atoms with Crippen LogP contribution in [0.15, 0.2) is 82.7 Å². The van der Waals surface area contributed by atoms with Crippen LogP contribution in [0, 0.1) is 11.3 Å². The maximum Gasteiger partial charge on any atom is 0.266 e. The van der Waals surface area contributed by atoms with Crippen LogP contribution in [0.5, 0.6) is 0 Å². The average Bonchev–Trinajstić information content (AvgIpc) is 3.44. The molecule has 31 heavy (non-hydrogen) atoms. The minimum atomic E-state index is -0.516. The summed E-state index contributed by atoms with van der Waals surface area (Å²) < 4.78 is 0. The molecule has 4 rings (SSSR count). The van der Waals surface area contributed by atoms with Crippen molar-refractivity contribution in [3.63, 3.8) is 0 Å². The van der Waals surface area contributed by atoms with Gasteiger partial charge in [0.05, 0.1) is 16.6 Å². The maximum absolute atomic E-state index is 12.9. The average molecular weight is 427 g/mol. The summed E-state index contributed by atoms with van der Waals surface area (Å²) in [6, 6.07) is 21.9. The van der Waals surface area contributed by atoms with Crippen molar-refractivity contribution in [1.29, 1.82) is 5.26 Å². The third kappa shape index (κ3) is 4.15. The highest BCUT2D eigenvalue weighted by atomic mass is 32.1. The minimum absolute atomic E-state index is 0.101. The zero-order chi connectivity index (χ0) is 21.8. The summed E-state index contributed by atoms with van der Waals surface area (Å²) in [7, 11) is 0. The summed E-state index contributed by atoms with van der Waals surface area (Å²) in [6.45, 7) is 1.85. The number of fused-ring (bicyclic) bond motifs is 1. The van der Waals surface area contributed by atoms with Gasteiger partial charge in [-0.15, -0.1) is 11.3 Å². The van der Waals surface area contributed by atoms with E-state index in [4.69, 9.17) is 0 Å². The van der Waals surface area contributed by atoms with Gasteiger partial charge in [-0.05, 0) is 23.9 Å². The van der Waals surface area contributed by atoms with E-state index in [2.05, 4.69) is 15.6 Å². The number of nitrogens with zero attached hydrogens (tertiary/aromatic N) is 2. The van der Waals surface area contributed by atoms with Crippen LogP contribution in [0.2, 0.25) is 0 Å². The van der Waals surface area contributed by atoms with Crippen molar-refractivity contribution < 1.29 is 9.59 Å². The maximum atomic E-state index is 12.9. The predicted molar refractivity (Wildman–Crippen MR) is 120 cm³/mol. The second-order valence-electron chi connectivity index (χ2n) is 6.88. The molecule has 7 heteroatoms. The Morgan fingerprint density at radius 3 is 2.39 bits per heavy atom. The molecular formula is C24H18N4O2S. The Kier molecular flexibility index (Phi) is 5.74. The topological polar surface area (TPSA) is 94.3 Å². The van der Waals surface area contributed by atoms with Crippen LogP contribution in [-0.2, 0) is 4.79 Å². The van der Waals surface area contributed by atoms with Crippen molar-refractivity contribution in [2.45, 2.75) is 13.0 Å². The Bertz CT molecular complexity index is 1240. The molecule has 3 aromatic rings. The van der Waals surface area contributed by atoms with E-state index in [0.717, 1.165) is 5.56 Å². The molecule has 2 aromatic carbocycles. The second-order valence-corrected chi connectivity index (χ2v) is 7.83. The van der Waals surface area contributed by atoms with Crippen LogP contribution in [-0.4, -0.2) is 17.6 Å². The Balaban J connectivity index is 1.66. The van der Waals surface area contributed by atoms with Crippen LogP contribution >= 0.6 is 11.3 Å². The quantitative estimate of drug-likeness (QED) is 0.487. The molecule has 0 saturated heterocycles. The molecule has 0 radical (unpaired) electrons. The fraction of sp³-hybridized carbons (Fsp3) is 0.0833. The van der Waals surface area contributed by atoms with Gasteiger partial charge < -0.3 is 10.6 Å². The molecule has 2 amide bonds. The van der Waals surface area contributed by atoms with E-state index < -0.39 is 5.91 Å². The van der Waals surface area contributed by atoms with E-state index in [1.807, 2.05) is 54.8 Å². The van der Waals surface area contributed by atoms with Gasteiger partial charge in [-0.25, -0.2) is 4.99 Å². The predicted octanol–water partition coefficient (Wildman–Crippen LogP) is 4.05. The lowest BCUT2D eigenvalue weighted by atomic mass is 10.0. The molecule has 0 spiro atoms. The third-order valence-electron chi connectivity index (χ3n) is 4.86. The van der Waals surface area contributed by atoms with Crippen molar-refractivity contribution in [2.24, 2.45) is 4.99 Å². The number of benzene rings is 2. The third-order valence-corrected chi connectivity index (χ3v) is 5.73. The number of amidine groups is 1. The number of hydrogen-bond acceptors (Lipinski definition) is 5. The molecule has 1 aliphatic heterocycles. The van der Waals surface area contributed by atoms with Gasteiger partial charge in [-0.1, -0.05) is 60.7 Å². The van der Waals surface area contributed by atoms with E-state index in [-0.39, 0.29) is 23.2 Å². The molecule has 0 saturated carbocycles. The van der Waals surface area contributed by atoms with Crippen LogP contribution in [0.1, 0.15) is 39.3 Å². The monoisotopic (exact) mass is 426 g/mol. The first-order valence-corrected chi connectivity index (χ1v) is 10.5. The largest absolute Gasteiger partial charge is 0.345 e. The van der Waals surface area contributed by atoms with Gasteiger partial charge in [-0.2, -0.15) is 5.26 Å². The van der Waals surface area contributed by atoms with Gasteiger partial charge in [-0.3, -0.25) is 9.59 Å². The zero-order valence-corrected chi connectivity index (χ0v) is 17.4. The first kappa shape index (κ1) is 20.3. The summed E-state index contributed by atoms with van der Waals surface area (Å²) in [4.78, 5) is 30.4. The van der Waals surface area contributed by atoms with E-state index in [9.17, 15) is 14.9 Å². The van der Waals surface area contributed by atoms with Crippen molar-refractivity contribution in [1.82, 2.24) is 10.6 Å². The highest BCUT2D eigenvalue weighted by Gasteiger charge is 2.28. The Morgan fingerprint density at radius 2 is 1.71 bits per heavy atom. The fourth-order valence-corrected chi connectivity index (χ4v) is 3.92. The summed E-state index contributed by atoms with van der Waals surface area (Å²) >= 11 is 1.32. The molecule has 152 valence electrons. The number of carbonyl (C=O) groups excluding carboxylic acids is 2. The summed E-state index contributed by atoms with van der Waals surface area (Å²) in [5.74, 6) is -0.482.